The maximum Gasteiger partial charge on any atom is 0.161 e. The molecule has 2 N–H and O–H groups in total. The highest BCUT2D eigenvalue weighted by Crippen LogP contribution is 2.31. The second kappa shape index (κ2) is 5.06. The average molecular weight is 232 g/mol. The van der Waals surface area contributed by atoms with Gasteiger partial charge in [-0.3, -0.25) is 0 Å². The van der Waals surface area contributed by atoms with Crippen LogP contribution in [0.25, 0.3) is 10.8 Å². The van der Waals surface area contributed by atoms with E-state index in [1.54, 1.807) is 6.07 Å². The number of phenolic OH excluding ortho intramolecular Hbond substituents is 1. The Bertz CT molecular complexity index is 508. The molecule has 0 aromatic heterocycles. The largest absolute Gasteiger partial charge is 0.504 e. The second-order valence-corrected chi connectivity index (χ2v) is 4.27. The topological polar surface area (TPSA) is 49.7 Å². The van der Waals surface area contributed by atoms with Crippen molar-refractivity contribution < 1.29 is 14.9 Å². The van der Waals surface area contributed by atoms with E-state index >= 15 is 0 Å². The molecule has 90 valence electrons. The molecular formula is C14H16O3. The van der Waals surface area contributed by atoms with Crippen LogP contribution in [0.4, 0.5) is 0 Å². The summed E-state index contributed by atoms with van der Waals surface area (Å²) < 4.78 is 5.49. The third-order valence-corrected chi connectivity index (χ3v) is 2.66. The average Bonchev–Trinajstić information content (AvgIpc) is 2.35. The summed E-state index contributed by atoms with van der Waals surface area (Å²) in [5.41, 5.74) is 0. The minimum atomic E-state index is 0.0564. The van der Waals surface area contributed by atoms with Gasteiger partial charge in [-0.25, -0.2) is 0 Å². The van der Waals surface area contributed by atoms with Gasteiger partial charge in [-0.05, 0) is 22.9 Å². The number of aliphatic hydroxyl groups excluding tert-OH is 1. The Morgan fingerprint density at radius 1 is 1.18 bits per heavy atom. The predicted molar refractivity (Wildman–Crippen MR) is 67.4 cm³/mol. The fourth-order valence-corrected chi connectivity index (χ4v) is 1.61. The van der Waals surface area contributed by atoms with Gasteiger partial charge in [0, 0.05) is 12.5 Å². The fourth-order valence-electron chi connectivity index (χ4n) is 1.61. The molecule has 0 aliphatic heterocycles. The third-order valence-electron chi connectivity index (χ3n) is 2.66. The lowest BCUT2D eigenvalue weighted by Crippen LogP contribution is -2.12. The molecule has 2 aromatic rings. The summed E-state index contributed by atoms with van der Waals surface area (Å²) in [6, 6.07) is 11.3. The van der Waals surface area contributed by atoms with Crippen LogP contribution in [0.5, 0.6) is 11.5 Å². The van der Waals surface area contributed by atoms with E-state index in [4.69, 9.17) is 9.84 Å². The second-order valence-electron chi connectivity index (χ2n) is 4.27. The molecule has 2 rings (SSSR count). The van der Waals surface area contributed by atoms with Crippen molar-refractivity contribution >= 4 is 10.8 Å². The number of aromatic hydroxyl groups is 1. The van der Waals surface area contributed by atoms with Gasteiger partial charge >= 0.3 is 0 Å². The molecule has 0 fully saturated rings. The number of fused-ring (bicyclic) bond motifs is 1. The Morgan fingerprint density at radius 3 is 2.47 bits per heavy atom. The molecule has 1 unspecified atom stereocenters. The lowest BCUT2D eigenvalue weighted by atomic mass is 10.1. The Hall–Kier alpha value is -1.74. The normalized spacial score (nSPS) is 12.6. The van der Waals surface area contributed by atoms with E-state index in [0.29, 0.717) is 12.4 Å². The summed E-state index contributed by atoms with van der Waals surface area (Å²) >= 11 is 0. The van der Waals surface area contributed by atoms with E-state index in [2.05, 4.69) is 0 Å². The van der Waals surface area contributed by atoms with Crippen molar-refractivity contribution in [2.24, 2.45) is 5.92 Å². The van der Waals surface area contributed by atoms with Gasteiger partial charge in [-0.15, -0.1) is 0 Å². The van der Waals surface area contributed by atoms with Crippen LogP contribution in [0.15, 0.2) is 36.4 Å². The minimum absolute atomic E-state index is 0.0564. The smallest absolute Gasteiger partial charge is 0.161 e. The van der Waals surface area contributed by atoms with Gasteiger partial charge in [-0.1, -0.05) is 31.2 Å². The Morgan fingerprint density at radius 2 is 1.82 bits per heavy atom. The summed E-state index contributed by atoms with van der Waals surface area (Å²) in [5, 5.41) is 20.7. The monoisotopic (exact) mass is 232 g/mol. The number of hydrogen-bond acceptors (Lipinski definition) is 3. The Labute approximate surface area is 100 Å². The Kier molecular flexibility index (Phi) is 3.49. The van der Waals surface area contributed by atoms with E-state index in [9.17, 15) is 5.11 Å². The van der Waals surface area contributed by atoms with Crippen molar-refractivity contribution in [2.45, 2.75) is 6.92 Å². The lowest BCUT2D eigenvalue weighted by molar-refractivity contribution is 0.171. The van der Waals surface area contributed by atoms with Crippen LogP contribution in [0.1, 0.15) is 6.92 Å². The van der Waals surface area contributed by atoms with E-state index in [0.717, 1.165) is 10.8 Å². The zero-order valence-electron chi connectivity index (χ0n) is 9.76. The van der Waals surface area contributed by atoms with Crippen LogP contribution in [0, 0.1) is 5.92 Å². The lowest BCUT2D eigenvalue weighted by Gasteiger charge is -2.12. The molecular weight excluding hydrogens is 216 g/mol. The summed E-state index contributed by atoms with van der Waals surface area (Å²) in [4.78, 5) is 0. The SMILES string of the molecule is CC(CO)COc1cc2ccccc2cc1O. The highest BCUT2D eigenvalue weighted by molar-refractivity contribution is 5.85. The quantitative estimate of drug-likeness (QED) is 0.851. The fraction of sp³-hybridized carbons (Fsp3) is 0.286. The van der Waals surface area contributed by atoms with Crippen LogP contribution in [0.3, 0.4) is 0 Å². The van der Waals surface area contributed by atoms with E-state index in [1.807, 2.05) is 37.3 Å². The first-order valence-corrected chi connectivity index (χ1v) is 5.66. The maximum atomic E-state index is 9.81. The van der Waals surface area contributed by atoms with Gasteiger partial charge in [0.2, 0.25) is 0 Å². The van der Waals surface area contributed by atoms with Gasteiger partial charge in [0.05, 0.1) is 6.61 Å². The molecule has 0 spiro atoms. The summed E-state index contributed by atoms with van der Waals surface area (Å²) in [6.07, 6.45) is 0. The van der Waals surface area contributed by atoms with Crippen molar-refractivity contribution in [3.63, 3.8) is 0 Å². The van der Waals surface area contributed by atoms with E-state index in [1.165, 1.54) is 0 Å². The molecule has 0 amide bonds. The van der Waals surface area contributed by atoms with Crippen LogP contribution in [-0.2, 0) is 0 Å². The number of phenols is 1. The molecule has 0 aliphatic carbocycles. The molecule has 0 saturated heterocycles. The van der Waals surface area contributed by atoms with Gasteiger partial charge in [0.25, 0.3) is 0 Å². The van der Waals surface area contributed by atoms with Crippen molar-refractivity contribution in [1.82, 2.24) is 0 Å². The molecule has 17 heavy (non-hydrogen) atoms. The molecule has 3 heteroatoms. The molecule has 1 atom stereocenters. The van der Waals surface area contributed by atoms with Gasteiger partial charge in [0.15, 0.2) is 11.5 Å². The molecule has 0 bridgehead atoms. The Balaban J connectivity index is 2.25. The van der Waals surface area contributed by atoms with Crippen molar-refractivity contribution in [3.8, 4) is 11.5 Å². The third kappa shape index (κ3) is 2.68. The van der Waals surface area contributed by atoms with E-state index in [-0.39, 0.29) is 18.3 Å². The van der Waals surface area contributed by atoms with Crippen molar-refractivity contribution in [1.29, 1.82) is 0 Å². The van der Waals surface area contributed by atoms with Gasteiger partial charge in [-0.2, -0.15) is 0 Å². The summed E-state index contributed by atoms with van der Waals surface area (Å²) in [6.45, 7) is 2.36. The number of aliphatic hydroxyl groups is 1. The zero-order valence-corrected chi connectivity index (χ0v) is 9.76. The molecule has 0 aliphatic rings. The standard InChI is InChI=1S/C14H16O3/c1-10(8-15)9-17-14-7-12-5-3-2-4-11(12)6-13(14)16/h2-7,10,15-16H,8-9H2,1H3. The van der Waals surface area contributed by atoms with Crippen LogP contribution < -0.4 is 4.74 Å². The van der Waals surface area contributed by atoms with Crippen LogP contribution >= 0.6 is 0 Å². The first-order valence-electron chi connectivity index (χ1n) is 5.66. The molecule has 2 aromatic carbocycles. The maximum absolute atomic E-state index is 9.81. The van der Waals surface area contributed by atoms with Crippen LogP contribution in [0.2, 0.25) is 0 Å². The first-order chi connectivity index (χ1) is 8.20. The van der Waals surface area contributed by atoms with E-state index < -0.39 is 0 Å². The summed E-state index contributed by atoms with van der Waals surface area (Å²) in [5.74, 6) is 0.652. The molecule has 3 nitrogen and oxygen atoms in total. The van der Waals surface area contributed by atoms with Gasteiger partial charge < -0.3 is 14.9 Å². The van der Waals surface area contributed by atoms with Crippen molar-refractivity contribution in [2.75, 3.05) is 13.2 Å². The van der Waals surface area contributed by atoms with Gasteiger partial charge in [0.1, 0.15) is 0 Å². The number of hydrogen-bond donors (Lipinski definition) is 2. The predicted octanol–water partition coefficient (Wildman–Crippen LogP) is 2.55. The highest BCUT2D eigenvalue weighted by atomic mass is 16.5. The molecule has 0 radical (unpaired) electrons. The summed E-state index contributed by atoms with van der Waals surface area (Å²) in [7, 11) is 0. The van der Waals surface area contributed by atoms with Crippen LogP contribution in [-0.4, -0.2) is 23.4 Å². The van der Waals surface area contributed by atoms with Crippen molar-refractivity contribution in [3.05, 3.63) is 36.4 Å². The molecule has 0 heterocycles. The minimum Gasteiger partial charge on any atom is -0.504 e. The number of benzene rings is 2. The number of ether oxygens (including phenoxy) is 1. The zero-order chi connectivity index (χ0) is 12.3. The highest BCUT2D eigenvalue weighted by Gasteiger charge is 2.07. The molecule has 0 saturated carbocycles. The number of rotatable bonds is 4. The first kappa shape index (κ1) is 11.7.